The van der Waals surface area contributed by atoms with Crippen LogP contribution in [0.5, 0.6) is 5.75 Å². The molecule has 7 heteroatoms. The summed E-state index contributed by atoms with van der Waals surface area (Å²) in [6.45, 7) is 0.329. The summed E-state index contributed by atoms with van der Waals surface area (Å²) >= 11 is 17.6. The van der Waals surface area contributed by atoms with E-state index in [9.17, 15) is 5.11 Å². The van der Waals surface area contributed by atoms with E-state index >= 15 is 0 Å². The number of hydrogen-bond acceptors (Lipinski definition) is 3. The molecule has 0 aliphatic carbocycles. The number of aromatic nitrogens is 2. The summed E-state index contributed by atoms with van der Waals surface area (Å²) in [6.07, 6.45) is 2.37. The number of aliphatic hydroxyl groups is 1. The number of ether oxygens (including phenoxy) is 1. The predicted molar refractivity (Wildman–Crippen MR) is 75.2 cm³/mol. The number of rotatable bonds is 5. The second-order valence-corrected chi connectivity index (χ2v) is 5.15. The quantitative estimate of drug-likeness (QED) is 0.919. The second-order valence-electron chi connectivity index (χ2n) is 3.90. The van der Waals surface area contributed by atoms with Crippen LogP contribution >= 0.6 is 34.8 Å². The molecule has 0 amide bonds. The standard InChI is InChI=1S/C12H11Cl3N2O2/c13-8-4-16-17(5-8)6-9(18)7-19-12-10(14)2-1-3-11(12)15/h1-5,9,18H,6-7H2. The van der Waals surface area contributed by atoms with Crippen LogP contribution < -0.4 is 4.74 Å². The van der Waals surface area contributed by atoms with Crippen molar-refractivity contribution < 1.29 is 9.84 Å². The molecule has 0 spiro atoms. The van der Waals surface area contributed by atoms with E-state index in [2.05, 4.69) is 5.10 Å². The lowest BCUT2D eigenvalue weighted by atomic mass is 10.3. The summed E-state index contributed by atoms with van der Waals surface area (Å²) in [5.74, 6) is 0.364. The lowest BCUT2D eigenvalue weighted by Crippen LogP contribution is -2.24. The van der Waals surface area contributed by atoms with Gasteiger partial charge in [-0.25, -0.2) is 0 Å². The van der Waals surface area contributed by atoms with E-state index in [0.717, 1.165) is 0 Å². The fraction of sp³-hybridized carbons (Fsp3) is 0.250. The topological polar surface area (TPSA) is 47.3 Å². The van der Waals surface area contributed by atoms with E-state index < -0.39 is 6.10 Å². The van der Waals surface area contributed by atoms with Crippen molar-refractivity contribution >= 4 is 34.8 Å². The first-order valence-corrected chi connectivity index (χ1v) is 6.62. The van der Waals surface area contributed by atoms with Gasteiger partial charge in [-0.1, -0.05) is 40.9 Å². The largest absolute Gasteiger partial charge is 0.488 e. The summed E-state index contributed by atoms with van der Waals surface area (Å²) in [4.78, 5) is 0. The van der Waals surface area contributed by atoms with E-state index in [1.54, 1.807) is 24.4 Å². The third-order valence-corrected chi connectivity index (χ3v) is 3.13. The molecule has 1 N–H and O–H groups in total. The van der Waals surface area contributed by atoms with Crippen LogP contribution in [0.15, 0.2) is 30.6 Å². The third-order valence-electron chi connectivity index (χ3n) is 2.34. The number of hydrogen-bond donors (Lipinski definition) is 1. The lowest BCUT2D eigenvalue weighted by Gasteiger charge is -2.14. The van der Waals surface area contributed by atoms with Crippen LogP contribution in [-0.4, -0.2) is 27.6 Å². The molecule has 1 heterocycles. The molecule has 0 fully saturated rings. The zero-order chi connectivity index (χ0) is 13.8. The fourth-order valence-corrected chi connectivity index (χ4v) is 2.17. The van der Waals surface area contributed by atoms with Crippen LogP contribution in [0.2, 0.25) is 15.1 Å². The smallest absolute Gasteiger partial charge is 0.156 e. The van der Waals surface area contributed by atoms with Gasteiger partial charge in [0.2, 0.25) is 0 Å². The highest BCUT2D eigenvalue weighted by Crippen LogP contribution is 2.32. The van der Waals surface area contributed by atoms with Gasteiger partial charge in [0.25, 0.3) is 0 Å². The van der Waals surface area contributed by atoms with E-state index in [4.69, 9.17) is 39.5 Å². The first kappa shape index (κ1) is 14.5. The number of para-hydroxylation sites is 1. The molecular weight excluding hydrogens is 311 g/mol. The first-order valence-electron chi connectivity index (χ1n) is 5.49. The molecule has 1 aromatic carbocycles. The highest BCUT2D eigenvalue weighted by Gasteiger charge is 2.11. The second kappa shape index (κ2) is 6.48. The van der Waals surface area contributed by atoms with Crippen LogP contribution in [0.4, 0.5) is 0 Å². The van der Waals surface area contributed by atoms with Gasteiger partial charge in [0.15, 0.2) is 5.75 Å². The van der Waals surface area contributed by atoms with Gasteiger partial charge in [0.05, 0.1) is 27.8 Å². The molecule has 2 aromatic rings. The molecule has 19 heavy (non-hydrogen) atoms. The van der Waals surface area contributed by atoms with Crippen LogP contribution in [0.25, 0.3) is 0 Å². The van der Waals surface area contributed by atoms with Gasteiger partial charge in [-0.2, -0.15) is 5.10 Å². The summed E-state index contributed by atoms with van der Waals surface area (Å²) in [6, 6.07) is 5.06. The molecule has 1 aromatic heterocycles. The molecule has 0 aliphatic rings. The number of benzene rings is 1. The maximum Gasteiger partial charge on any atom is 0.156 e. The minimum atomic E-state index is -0.747. The molecule has 1 unspecified atom stereocenters. The Morgan fingerprint density at radius 2 is 1.95 bits per heavy atom. The van der Waals surface area contributed by atoms with Crippen molar-refractivity contribution in [3.05, 3.63) is 45.7 Å². The van der Waals surface area contributed by atoms with Crippen molar-refractivity contribution in [2.24, 2.45) is 0 Å². The zero-order valence-corrected chi connectivity index (χ0v) is 12.0. The Bertz CT molecular complexity index is 539. The maximum absolute atomic E-state index is 9.84. The highest BCUT2D eigenvalue weighted by atomic mass is 35.5. The molecule has 0 bridgehead atoms. The number of halogens is 3. The molecule has 0 radical (unpaired) electrons. The van der Waals surface area contributed by atoms with E-state index in [0.29, 0.717) is 20.8 Å². The van der Waals surface area contributed by atoms with Gasteiger partial charge >= 0.3 is 0 Å². The molecule has 2 rings (SSSR count). The van der Waals surface area contributed by atoms with E-state index in [-0.39, 0.29) is 13.2 Å². The van der Waals surface area contributed by atoms with Crippen molar-refractivity contribution in [2.45, 2.75) is 12.6 Å². The van der Waals surface area contributed by atoms with Crippen LogP contribution in [0.3, 0.4) is 0 Å². The van der Waals surface area contributed by atoms with Gasteiger partial charge in [-0.3, -0.25) is 4.68 Å². The summed E-state index contributed by atoms with van der Waals surface area (Å²) in [5, 5.41) is 15.1. The SMILES string of the molecule is OC(COc1c(Cl)cccc1Cl)Cn1cc(Cl)cn1. The predicted octanol–water partition coefficient (Wildman–Crippen LogP) is 3.28. The minimum Gasteiger partial charge on any atom is -0.488 e. The zero-order valence-electron chi connectivity index (χ0n) is 9.76. The number of aliphatic hydroxyl groups excluding tert-OH is 1. The van der Waals surface area contributed by atoms with E-state index in [1.807, 2.05) is 0 Å². The Balaban J connectivity index is 1.91. The monoisotopic (exact) mass is 320 g/mol. The number of nitrogens with zero attached hydrogens (tertiary/aromatic N) is 2. The Labute approximate surface area is 125 Å². The Kier molecular flexibility index (Phi) is 4.93. The van der Waals surface area contributed by atoms with Crippen LogP contribution in [0, 0.1) is 0 Å². The van der Waals surface area contributed by atoms with E-state index in [1.165, 1.54) is 10.9 Å². The Morgan fingerprint density at radius 1 is 1.26 bits per heavy atom. The average Bonchev–Trinajstić information content (AvgIpc) is 2.74. The van der Waals surface area contributed by atoms with Crippen LogP contribution in [0.1, 0.15) is 0 Å². The van der Waals surface area contributed by atoms with Crippen molar-refractivity contribution in [3.63, 3.8) is 0 Å². The van der Waals surface area contributed by atoms with Crippen molar-refractivity contribution in [3.8, 4) is 5.75 Å². The molecule has 0 aliphatic heterocycles. The minimum absolute atomic E-state index is 0.0565. The Morgan fingerprint density at radius 3 is 2.53 bits per heavy atom. The normalized spacial score (nSPS) is 12.4. The lowest BCUT2D eigenvalue weighted by molar-refractivity contribution is 0.0894. The average molecular weight is 322 g/mol. The molecule has 0 saturated carbocycles. The Hall–Kier alpha value is -0.940. The van der Waals surface area contributed by atoms with Crippen molar-refractivity contribution in [2.75, 3.05) is 6.61 Å². The first-order chi connectivity index (χ1) is 9.06. The van der Waals surface area contributed by atoms with Gasteiger partial charge in [-0.15, -0.1) is 0 Å². The molecule has 4 nitrogen and oxygen atoms in total. The third kappa shape index (κ3) is 4.01. The van der Waals surface area contributed by atoms with Crippen LogP contribution in [-0.2, 0) is 6.54 Å². The highest BCUT2D eigenvalue weighted by molar-refractivity contribution is 6.37. The molecule has 102 valence electrons. The fourth-order valence-electron chi connectivity index (χ4n) is 1.51. The molecular formula is C12H11Cl3N2O2. The van der Waals surface area contributed by atoms with Gasteiger partial charge in [0.1, 0.15) is 12.7 Å². The summed E-state index contributed by atoms with van der Waals surface area (Å²) < 4.78 is 6.95. The summed E-state index contributed by atoms with van der Waals surface area (Å²) in [7, 11) is 0. The van der Waals surface area contributed by atoms with Gasteiger partial charge in [0, 0.05) is 6.20 Å². The van der Waals surface area contributed by atoms with Gasteiger partial charge in [-0.05, 0) is 12.1 Å². The molecule has 1 atom stereocenters. The summed E-state index contributed by atoms with van der Waals surface area (Å²) in [5.41, 5.74) is 0. The molecule has 0 saturated heterocycles. The van der Waals surface area contributed by atoms with Crippen molar-refractivity contribution in [1.82, 2.24) is 9.78 Å². The van der Waals surface area contributed by atoms with Gasteiger partial charge < -0.3 is 9.84 Å². The van der Waals surface area contributed by atoms with Crippen molar-refractivity contribution in [1.29, 1.82) is 0 Å². The maximum atomic E-state index is 9.84.